The molecule has 1 aliphatic rings. The Morgan fingerprint density at radius 1 is 0.968 bits per heavy atom. The molecule has 2 N–H and O–H groups in total. The van der Waals surface area contributed by atoms with Gasteiger partial charge in [-0.3, -0.25) is 4.79 Å². The van der Waals surface area contributed by atoms with Gasteiger partial charge in [0.15, 0.2) is 0 Å². The molecule has 0 fully saturated rings. The van der Waals surface area contributed by atoms with Gasteiger partial charge in [-0.05, 0) is 61.6 Å². The summed E-state index contributed by atoms with van der Waals surface area (Å²) in [5.74, 6) is 0.257. The first-order chi connectivity index (χ1) is 14.8. The molecule has 3 rings (SSSR count). The zero-order chi connectivity index (χ0) is 22.4. The maximum Gasteiger partial charge on any atom is 0.416 e. The number of aliphatic hydroxyl groups excluding tert-OH is 2. The van der Waals surface area contributed by atoms with Crippen molar-refractivity contribution in [2.75, 3.05) is 19.7 Å². The average molecular weight is 437 g/mol. The van der Waals surface area contributed by atoms with E-state index in [4.69, 9.17) is 4.74 Å². The molecule has 8 heteroatoms. The van der Waals surface area contributed by atoms with Crippen molar-refractivity contribution >= 4 is 5.91 Å². The molecule has 2 aromatic rings. The molecule has 1 heterocycles. The highest BCUT2D eigenvalue weighted by atomic mass is 19.4. The van der Waals surface area contributed by atoms with Crippen LogP contribution in [0.25, 0.3) is 0 Å². The Balaban J connectivity index is 1.74. The molecule has 31 heavy (non-hydrogen) atoms. The van der Waals surface area contributed by atoms with Crippen molar-refractivity contribution < 1.29 is 32.9 Å². The number of rotatable bonds is 1. The highest BCUT2D eigenvalue weighted by Gasteiger charge is 2.30. The van der Waals surface area contributed by atoms with Gasteiger partial charge in [0.2, 0.25) is 0 Å². The molecule has 5 nitrogen and oxygen atoms in total. The number of alkyl halides is 3. The molecule has 0 aromatic heterocycles. The molecule has 2 atom stereocenters. The third-order valence-electron chi connectivity index (χ3n) is 5.39. The second-order valence-corrected chi connectivity index (χ2v) is 7.67. The summed E-state index contributed by atoms with van der Waals surface area (Å²) in [4.78, 5) is 14.4. The Morgan fingerprint density at radius 2 is 1.68 bits per heavy atom. The number of ether oxygens (including phenoxy) is 1. The van der Waals surface area contributed by atoms with Crippen LogP contribution in [-0.4, -0.2) is 52.9 Å². The highest BCUT2D eigenvalue weighted by molar-refractivity contribution is 5.94. The number of benzene rings is 2. The number of hydrogen-bond donors (Lipinski definition) is 2. The molecular weight excluding hydrogens is 411 g/mol. The first kappa shape index (κ1) is 23.1. The lowest BCUT2D eigenvalue weighted by Crippen LogP contribution is -2.38. The second kappa shape index (κ2) is 10.2. The summed E-state index contributed by atoms with van der Waals surface area (Å²) >= 11 is 0. The number of fused-ring (bicyclic) bond motifs is 1. The van der Waals surface area contributed by atoms with E-state index < -0.39 is 29.9 Å². The van der Waals surface area contributed by atoms with Crippen molar-refractivity contribution in [3.8, 4) is 5.75 Å². The molecule has 0 saturated heterocycles. The fourth-order valence-corrected chi connectivity index (χ4v) is 3.54. The molecule has 0 radical (unpaired) electrons. The van der Waals surface area contributed by atoms with Crippen molar-refractivity contribution in [3.05, 3.63) is 65.2 Å². The van der Waals surface area contributed by atoms with E-state index in [-0.39, 0.29) is 25.1 Å². The molecule has 0 saturated carbocycles. The average Bonchev–Trinajstić information content (AvgIpc) is 2.77. The number of aliphatic hydroxyl groups is 2. The fraction of sp³-hybridized carbons (Fsp3) is 0.435. The SMILES string of the molecule is O=C(c1ccc(C(F)(F)F)cc1)N1CCCCc2ccccc2OC[C@@H](O)[C@@H](O)CC1. The van der Waals surface area contributed by atoms with Crippen LogP contribution in [0, 0.1) is 0 Å². The maximum atomic E-state index is 12.9. The minimum absolute atomic E-state index is 0.0783. The van der Waals surface area contributed by atoms with Gasteiger partial charge in [0, 0.05) is 18.7 Å². The zero-order valence-corrected chi connectivity index (χ0v) is 17.0. The number of aryl methyl sites for hydroxylation is 1. The van der Waals surface area contributed by atoms with E-state index in [2.05, 4.69) is 0 Å². The molecule has 0 bridgehead atoms. The number of para-hydroxylation sites is 1. The molecule has 168 valence electrons. The number of hydrogen-bond acceptors (Lipinski definition) is 4. The van der Waals surface area contributed by atoms with Crippen molar-refractivity contribution in [1.29, 1.82) is 0 Å². The Labute approximate surface area is 179 Å². The normalized spacial score (nSPS) is 21.1. The van der Waals surface area contributed by atoms with Crippen LogP contribution in [0.2, 0.25) is 0 Å². The molecule has 0 aliphatic carbocycles. The lowest BCUT2D eigenvalue weighted by atomic mass is 10.1. The van der Waals surface area contributed by atoms with Crippen LogP contribution in [-0.2, 0) is 12.6 Å². The molecule has 2 aromatic carbocycles. The van der Waals surface area contributed by atoms with Crippen LogP contribution in [0.4, 0.5) is 13.2 Å². The Kier molecular flexibility index (Phi) is 7.56. The number of nitrogens with zero attached hydrogens (tertiary/aromatic N) is 1. The highest BCUT2D eigenvalue weighted by Crippen LogP contribution is 2.29. The van der Waals surface area contributed by atoms with E-state index in [1.807, 2.05) is 24.3 Å². The van der Waals surface area contributed by atoms with Gasteiger partial charge in [0.1, 0.15) is 18.5 Å². The van der Waals surface area contributed by atoms with Crippen LogP contribution in [0.15, 0.2) is 48.5 Å². The first-order valence-corrected chi connectivity index (χ1v) is 10.3. The van der Waals surface area contributed by atoms with Gasteiger partial charge in [-0.15, -0.1) is 0 Å². The predicted molar refractivity (Wildman–Crippen MR) is 109 cm³/mol. The van der Waals surface area contributed by atoms with Gasteiger partial charge < -0.3 is 19.8 Å². The van der Waals surface area contributed by atoms with Gasteiger partial charge in [0.05, 0.1) is 11.7 Å². The van der Waals surface area contributed by atoms with Crippen LogP contribution in [0.3, 0.4) is 0 Å². The molecular formula is C23H26F3NO4. The Morgan fingerprint density at radius 3 is 2.39 bits per heavy atom. The lowest BCUT2D eigenvalue weighted by Gasteiger charge is -2.25. The summed E-state index contributed by atoms with van der Waals surface area (Å²) in [6.07, 6.45) is -4.39. The quantitative estimate of drug-likeness (QED) is 0.714. The van der Waals surface area contributed by atoms with E-state index in [1.54, 1.807) is 0 Å². The summed E-state index contributed by atoms with van der Waals surface area (Å²) in [6, 6.07) is 11.6. The summed E-state index contributed by atoms with van der Waals surface area (Å²) in [6.45, 7) is 0.488. The summed E-state index contributed by atoms with van der Waals surface area (Å²) < 4.78 is 44.1. The van der Waals surface area contributed by atoms with E-state index in [0.29, 0.717) is 18.7 Å². The second-order valence-electron chi connectivity index (χ2n) is 7.67. The third kappa shape index (κ3) is 6.21. The van der Waals surface area contributed by atoms with Crippen LogP contribution >= 0.6 is 0 Å². The summed E-state index contributed by atoms with van der Waals surface area (Å²) in [5.41, 5.74) is 0.316. The summed E-state index contributed by atoms with van der Waals surface area (Å²) in [5, 5.41) is 20.5. The van der Waals surface area contributed by atoms with Crippen LogP contribution in [0.1, 0.15) is 40.7 Å². The molecule has 1 aliphatic heterocycles. The van der Waals surface area contributed by atoms with Crippen LogP contribution < -0.4 is 4.74 Å². The Hall–Kier alpha value is -2.58. The van der Waals surface area contributed by atoms with E-state index in [9.17, 15) is 28.2 Å². The van der Waals surface area contributed by atoms with Gasteiger partial charge in [0.25, 0.3) is 5.91 Å². The standard InChI is InChI=1S/C23H26F3NO4/c24-23(25,26)18-10-8-17(9-11-18)22(30)27-13-4-3-6-16-5-1-2-7-21(16)31-15-20(29)19(28)12-14-27/h1-2,5,7-11,19-20,28-29H,3-4,6,12-15H2/t19-,20+/m0/s1. The third-order valence-corrected chi connectivity index (χ3v) is 5.39. The van der Waals surface area contributed by atoms with Crippen molar-refractivity contribution in [1.82, 2.24) is 4.90 Å². The van der Waals surface area contributed by atoms with Crippen LogP contribution in [0.5, 0.6) is 5.75 Å². The maximum absolute atomic E-state index is 12.9. The van der Waals surface area contributed by atoms with Gasteiger partial charge >= 0.3 is 6.18 Å². The number of amides is 1. The fourth-order valence-electron chi connectivity index (χ4n) is 3.54. The van der Waals surface area contributed by atoms with Gasteiger partial charge in [-0.1, -0.05) is 18.2 Å². The number of carbonyl (C=O) groups excluding carboxylic acids is 1. The van der Waals surface area contributed by atoms with Crippen molar-refractivity contribution in [3.63, 3.8) is 0 Å². The number of halogens is 3. The topological polar surface area (TPSA) is 70.0 Å². The lowest BCUT2D eigenvalue weighted by molar-refractivity contribution is -0.137. The molecule has 0 spiro atoms. The summed E-state index contributed by atoms with van der Waals surface area (Å²) in [7, 11) is 0. The minimum Gasteiger partial charge on any atom is -0.491 e. The van der Waals surface area contributed by atoms with Crippen molar-refractivity contribution in [2.24, 2.45) is 0 Å². The van der Waals surface area contributed by atoms with E-state index in [1.165, 1.54) is 17.0 Å². The molecule has 0 unspecified atom stereocenters. The largest absolute Gasteiger partial charge is 0.491 e. The van der Waals surface area contributed by atoms with E-state index >= 15 is 0 Å². The predicted octanol–water partition coefficient (Wildman–Crippen LogP) is 3.67. The Bertz CT molecular complexity index is 870. The smallest absolute Gasteiger partial charge is 0.416 e. The monoisotopic (exact) mass is 437 g/mol. The molecule has 1 amide bonds. The van der Waals surface area contributed by atoms with E-state index in [0.717, 1.165) is 30.5 Å². The van der Waals surface area contributed by atoms with Crippen molar-refractivity contribution in [2.45, 2.75) is 44.1 Å². The zero-order valence-electron chi connectivity index (χ0n) is 17.0. The number of carbonyl (C=O) groups is 1. The van der Waals surface area contributed by atoms with Gasteiger partial charge in [-0.25, -0.2) is 0 Å². The van der Waals surface area contributed by atoms with Gasteiger partial charge in [-0.2, -0.15) is 13.2 Å². The minimum atomic E-state index is -4.47. The first-order valence-electron chi connectivity index (χ1n) is 10.3.